The van der Waals surface area contributed by atoms with E-state index >= 15 is 0 Å². The molecule has 8 nitrogen and oxygen atoms in total. The highest BCUT2D eigenvalue weighted by Crippen LogP contribution is 2.24. The van der Waals surface area contributed by atoms with Crippen LogP contribution in [-0.2, 0) is 10.0 Å². The summed E-state index contributed by atoms with van der Waals surface area (Å²) in [7, 11) is -1.79. The van der Waals surface area contributed by atoms with Crippen LogP contribution in [-0.4, -0.2) is 56.0 Å². The van der Waals surface area contributed by atoms with Gasteiger partial charge in [0.05, 0.1) is 7.11 Å². The normalized spacial score (nSPS) is 15.2. The molecule has 158 valence electrons. The molecule has 1 aromatic carbocycles. The van der Waals surface area contributed by atoms with Crippen LogP contribution in [0.25, 0.3) is 0 Å². The Kier molecular flexibility index (Phi) is 5.89. The van der Waals surface area contributed by atoms with Gasteiger partial charge in [-0.25, -0.2) is 13.4 Å². The summed E-state index contributed by atoms with van der Waals surface area (Å²) in [6.45, 7) is 3.80. The smallest absolute Gasteiger partial charge is 0.252 e. The Morgan fingerprint density at radius 2 is 1.80 bits per heavy atom. The molecule has 0 bridgehead atoms. The molecule has 0 unspecified atom stereocenters. The Morgan fingerprint density at radius 1 is 1.07 bits per heavy atom. The van der Waals surface area contributed by atoms with Gasteiger partial charge < -0.3 is 15.0 Å². The first-order valence-electron chi connectivity index (χ1n) is 9.51. The number of thiophene rings is 1. The summed E-state index contributed by atoms with van der Waals surface area (Å²) in [5, 5.41) is 5.07. The largest absolute Gasteiger partial charge is 0.497 e. The minimum absolute atomic E-state index is 0.383. The second-order valence-electron chi connectivity index (χ2n) is 6.87. The lowest BCUT2D eigenvalue weighted by Gasteiger charge is -2.33. The summed E-state index contributed by atoms with van der Waals surface area (Å²) in [6, 6.07) is 12.9. The van der Waals surface area contributed by atoms with Crippen molar-refractivity contribution < 1.29 is 13.2 Å². The van der Waals surface area contributed by atoms with Crippen LogP contribution in [0.4, 0.5) is 17.5 Å². The minimum atomic E-state index is -3.43. The summed E-state index contributed by atoms with van der Waals surface area (Å²) in [6.07, 6.45) is 0. The molecule has 0 radical (unpaired) electrons. The molecular formula is C20H23N5O3S2. The minimum Gasteiger partial charge on any atom is -0.497 e. The Morgan fingerprint density at radius 3 is 2.43 bits per heavy atom. The van der Waals surface area contributed by atoms with Crippen LogP contribution in [0.5, 0.6) is 5.75 Å². The molecule has 0 saturated carbocycles. The number of anilines is 3. The second-order valence-corrected chi connectivity index (χ2v) is 9.98. The fourth-order valence-corrected chi connectivity index (χ4v) is 5.81. The fraction of sp³-hybridized carbons (Fsp3) is 0.300. The van der Waals surface area contributed by atoms with Crippen LogP contribution in [0.1, 0.15) is 5.69 Å². The number of nitrogens with one attached hydrogen (secondary N) is 1. The van der Waals surface area contributed by atoms with Gasteiger partial charge >= 0.3 is 0 Å². The van der Waals surface area contributed by atoms with E-state index in [0.29, 0.717) is 42.2 Å². The van der Waals surface area contributed by atoms with Crippen molar-refractivity contribution >= 4 is 38.8 Å². The van der Waals surface area contributed by atoms with Gasteiger partial charge in [0, 0.05) is 43.6 Å². The molecule has 1 saturated heterocycles. The maximum atomic E-state index is 12.7. The third-order valence-corrected chi connectivity index (χ3v) is 8.09. The van der Waals surface area contributed by atoms with E-state index in [4.69, 9.17) is 4.74 Å². The molecule has 3 aromatic rings. The third-order valence-electron chi connectivity index (χ3n) is 4.82. The Labute approximate surface area is 180 Å². The first-order valence-corrected chi connectivity index (χ1v) is 11.8. The zero-order valence-electron chi connectivity index (χ0n) is 16.8. The molecule has 2 aromatic heterocycles. The Bertz CT molecular complexity index is 1090. The van der Waals surface area contributed by atoms with Crippen LogP contribution < -0.4 is 15.0 Å². The fourth-order valence-electron chi connectivity index (χ4n) is 3.25. The maximum Gasteiger partial charge on any atom is 0.252 e. The van der Waals surface area contributed by atoms with Crippen LogP contribution >= 0.6 is 11.3 Å². The molecule has 3 heterocycles. The highest BCUT2D eigenvalue weighted by molar-refractivity contribution is 7.91. The summed E-state index contributed by atoms with van der Waals surface area (Å²) in [4.78, 5) is 11.2. The molecular weight excluding hydrogens is 422 g/mol. The van der Waals surface area contributed by atoms with Crippen LogP contribution in [0, 0.1) is 6.92 Å². The van der Waals surface area contributed by atoms with Gasteiger partial charge in [-0.3, -0.25) is 0 Å². The van der Waals surface area contributed by atoms with Crippen molar-refractivity contribution in [3.8, 4) is 5.75 Å². The predicted molar refractivity (Wildman–Crippen MR) is 118 cm³/mol. The van der Waals surface area contributed by atoms with Gasteiger partial charge in [-0.1, -0.05) is 6.07 Å². The lowest BCUT2D eigenvalue weighted by Crippen LogP contribution is -2.49. The monoisotopic (exact) mass is 445 g/mol. The van der Waals surface area contributed by atoms with Gasteiger partial charge in [0.1, 0.15) is 15.8 Å². The van der Waals surface area contributed by atoms with Crippen molar-refractivity contribution in [2.75, 3.05) is 43.5 Å². The summed E-state index contributed by atoms with van der Waals surface area (Å²) < 4.78 is 32.5. The van der Waals surface area contributed by atoms with E-state index in [2.05, 4.69) is 15.3 Å². The number of methoxy groups -OCH3 is 1. The SMILES string of the molecule is COc1ccc(Nc2cc(C)nc(N3CCN(S(=O)(=O)c4cccs4)CC3)n2)cc1. The molecule has 30 heavy (non-hydrogen) atoms. The number of piperazine rings is 1. The molecule has 0 atom stereocenters. The number of hydrogen-bond donors (Lipinski definition) is 1. The van der Waals surface area contributed by atoms with Gasteiger partial charge in [-0.05, 0) is 42.6 Å². The molecule has 0 aliphatic carbocycles. The second kappa shape index (κ2) is 8.58. The lowest BCUT2D eigenvalue weighted by molar-refractivity contribution is 0.383. The number of ether oxygens (including phenoxy) is 1. The average molecular weight is 446 g/mol. The topological polar surface area (TPSA) is 87.7 Å². The van der Waals surface area contributed by atoms with Gasteiger partial charge in [0.2, 0.25) is 5.95 Å². The Hall–Kier alpha value is -2.69. The summed E-state index contributed by atoms with van der Waals surface area (Å²) >= 11 is 1.24. The van der Waals surface area contributed by atoms with Crippen molar-refractivity contribution in [2.24, 2.45) is 0 Å². The van der Waals surface area contributed by atoms with Gasteiger partial charge in [0.15, 0.2) is 0 Å². The molecule has 10 heteroatoms. The van der Waals surface area contributed by atoms with Crippen LogP contribution in [0.15, 0.2) is 52.1 Å². The van der Waals surface area contributed by atoms with Gasteiger partial charge in [-0.2, -0.15) is 9.29 Å². The highest BCUT2D eigenvalue weighted by Gasteiger charge is 2.30. The summed E-state index contributed by atoms with van der Waals surface area (Å²) in [5.41, 5.74) is 1.73. The number of benzene rings is 1. The number of hydrogen-bond acceptors (Lipinski definition) is 8. The molecule has 1 N–H and O–H groups in total. The lowest BCUT2D eigenvalue weighted by atomic mass is 10.3. The highest BCUT2D eigenvalue weighted by atomic mass is 32.2. The molecule has 1 aliphatic rings. The number of aromatic nitrogens is 2. The van der Waals surface area contributed by atoms with Crippen molar-refractivity contribution in [1.82, 2.24) is 14.3 Å². The average Bonchev–Trinajstić information content (AvgIpc) is 3.30. The van der Waals surface area contributed by atoms with Crippen molar-refractivity contribution in [3.05, 3.63) is 53.5 Å². The summed E-state index contributed by atoms with van der Waals surface area (Å²) in [5.74, 6) is 2.07. The first kappa shape index (κ1) is 20.6. The number of nitrogens with zero attached hydrogens (tertiary/aromatic N) is 4. The molecule has 4 rings (SSSR count). The van der Waals surface area contributed by atoms with Gasteiger partial charge in [-0.15, -0.1) is 11.3 Å². The quantitative estimate of drug-likeness (QED) is 0.624. The van der Waals surface area contributed by atoms with E-state index in [1.165, 1.54) is 15.6 Å². The van der Waals surface area contributed by atoms with Crippen molar-refractivity contribution in [2.45, 2.75) is 11.1 Å². The maximum absolute atomic E-state index is 12.7. The number of aryl methyl sites for hydroxylation is 1. The number of sulfonamides is 1. The zero-order chi connectivity index (χ0) is 21.1. The predicted octanol–water partition coefficient (Wildman–Crippen LogP) is 3.11. The third kappa shape index (κ3) is 4.40. The van der Waals surface area contributed by atoms with E-state index in [-0.39, 0.29) is 0 Å². The van der Waals surface area contributed by atoms with E-state index in [1.54, 1.807) is 24.6 Å². The molecule has 1 fully saturated rings. The van der Waals surface area contributed by atoms with Crippen LogP contribution in [0.3, 0.4) is 0 Å². The van der Waals surface area contributed by atoms with Gasteiger partial charge in [0.25, 0.3) is 10.0 Å². The first-order chi connectivity index (χ1) is 14.5. The molecule has 1 aliphatic heterocycles. The molecule has 0 amide bonds. The van der Waals surface area contributed by atoms with Crippen LogP contribution in [0.2, 0.25) is 0 Å². The standard InChI is InChI=1S/C20H23N5O3S2/c1-15-14-18(22-16-5-7-17(28-2)8-6-16)23-20(21-15)24-9-11-25(12-10-24)30(26,27)19-4-3-13-29-19/h3-8,13-14H,9-12H2,1-2H3,(H,21,22,23). The van der Waals surface area contributed by atoms with E-state index in [1.807, 2.05) is 42.2 Å². The van der Waals surface area contributed by atoms with Crippen molar-refractivity contribution in [1.29, 1.82) is 0 Å². The van der Waals surface area contributed by atoms with E-state index in [0.717, 1.165) is 17.1 Å². The molecule has 0 spiro atoms. The van der Waals surface area contributed by atoms with Crippen molar-refractivity contribution in [3.63, 3.8) is 0 Å². The van der Waals surface area contributed by atoms with E-state index in [9.17, 15) is 8.42 Å². The number of rotatable bonds is 6. The van der Waals surface area contributed by atoms with E-state index < -0.39 is 10.0 Å². The zero-order valence-corrected chi connectivity index (χ0v) is 18.4. The Balaban J connectivity index is 1.46.